The van der Waals surface area contributed by atoms with E-state index >= 15 is 0 Å². The van der Waals surface area contributed by atoms with Crippen molar-refractivity contribution in [3.63, 3.8) is 0 Å². The Morgan fingerprint density at radius 2 is 2.00 bits per heavy atom. The molecule has 1 unspecified atom stereocenters. The van der Waals surface area contributed by atoms with E-state index in [2.05, 4.69) is 12.1 Å². The molecule has 1 aromatic rings. The highest BCUT2D eigenvalue weighted by molar-refractivity contribution is 5.86. The van der Waals surface area contributed by atoms with Crippen molar-refractivity contribution < 1.29 is 14.7 Å². The Morgan fingerprint density at radius 1 is 1.35 bits per heavy atom. The van der Waals surface area contributed by atoms with Gasteiger partial charge in [0.05, 0.1) is 5.92 Å². The quantitative estimate of drug-likeness (QED) is 0.897. The van der Waals surface area contributed by atoms with E-state index in [4.69, 9.17) is 5.11 Å². The summed E-state index contributed by atoms with van der Waals surface area (Å²) in [7, 11) is 0. The Balaban J connectivity index is 1.99. The van der Waals surface area contributed by atoms with Crippen LogP contribution >= 0.6 is 0 Å². The molecule has 0 radical (unpaired) electrons. The van der Waals surface area contributed by atoms with Crippen molar-refractivity contribution in [2.45, 2.75) is 38.6 Å². The van der Waals surface area contributed by atoms with Gasteiger partial charge in [0.1, 0.15) is 0 Å². The van der Waals surface area contributed by atoms with Gasteiger partial charge in [-0.05, 0) is 32.3 Å². The summed E-state index contributed by atoms with van der Waals surface area (Å²) in [4.78, 5) is 24.8. The Labute approximate surface area is 119 Å². The topological polar surface area (TPSA) is 57.6 Å². The van der Waals surface area contributed by atoms with Gasteiger partial charge in [-0.25, -0.2) is 0 Å². The van der Waals surface area contributed by atoms with Crippen molar-refractivity contribution in [2.24, 2.45) is 5.92 Å². The molecule has 1 aliphatic rings. The molecule has 1 amide bonds. The van der Waals surface area contributed by atoms with Crippen molar-refractivity contribution in [2.75, 3.05) is 6.54 Å². The van der Waals surface area contributed by atoms with Crippen LogP contribution in [0.15, 0.2) is 30.3 Å². The third kappa shape index (κ3) is 3.18. The average molecular weight is 275 g/mol. The molecule has 1 N–H and O–H groups in total. The third-order valence-electron chi connectivity index (χ3n) is 4.07. The van der Waals surface area contributed by atoms with Gasteiger partial charge >= 0.3 is 5.97 Å². The summed E-state index contributed by atoms with van der Waals surface area (Å²) in [5.41, 5.74) is 0.930. The molecule has 2 rings (SSSR count). The Morgan fingerprint density at radius 3 is 2.55 bits per heavy atom. The summed E-state index contributed by atoms with van der Waals surface area (Å²) in [6.07, 6.45) is 1.84. The average Bonchev–Trinajstić information content (AvgIpc) is 2.81. The second-order valence-electron chi connectivity index (χ2n) is 6.04. The number of benzene rings is 1. The summed E-state index contributed by atoms with van der Waals surface area (Å²) in [6, 6.07) is 10.1. The second kappa shape index (κ2) is 5.65. The van der Waals surface area contributed by atoms with E-state index in [-0.39, 0.29) is 17.9 Å². The molecule has 1 heterocycles. The molecule has 1 aromatic carbocycles. The van der Waals surface area contributed by atoms with Crippen molar-refractivity contribution in [3.8, 4) is 0 Å². The van der Waals surface area contributed by atoms with Crippen LogP contribution in [0.5, 0.6) is 0 Å². The van der Waals surface area contributed by atoms with E-state index in [9.17, 15) is 9.59 Å². The van der Waals surface area contributed by atoms with Gasteiger partial charge in [-0.2, -0.15) is 0 Å². The highest BCUT2D eigenvalue weighted by atomic mass is 16.4. The molecule has 0 spiro atoms. The van der Waals surface area contributed by atoms with E-state index in [0.29, 0.717) is 6.54 Å². The van der Waals surface area contributed by atoms with Crippen LogP contribution in [-0.2, 0) is 16.0 Å². The largest absolute Gasteiger partial charge is 0.481 e. The van der Waals surface area contributed by atoms with E-state index in [0.717, 1.165) is 12.8 Å². The van der Waals surface area contributed by atoms with Crippen molar-refractivity contribution in [1.82, 2.24) is 4.90 Å². The molecule has 1 fully saturated rings. The van der Waals surface area contributed by atoms with Gasteiger partial charge in [-0.3, -0.25) is 9.59 Å². The molecule has 0 aromatic heterocycles. The van der Waals surface area contributed by atoms with Crippen LogP contribution in [0.3, 0.4) is 0 Å². The van der Waals surface area contributed by atoms with E-state index in [1.807, 2.05) is 32.0 Å². The summed E-state index contributed by atoms with van der Waals surface area (Å²) >= 11 is 0. The minimum absolute atomic E-state index is 0.0459. The number of aryl methyl sites for hydroxylation is 1. The zero-order chi connectivity index (χ0) is 14.8. The highest BCUT2D eigenvalue weighted by Gasteiger charge is 2.41. The standard InChI is InChI=1S/C16H21NO3/c1-16(2,9-8-12-6-4-3-5-7-12)17-11-13(15(19)20)10-14(17)18/h3-7,13H,8-11H2,1-2H3,(H,19,20). The maximum absolute atomic E-state index is 12.0. The molecule has 20 heavy (non-hydrogen) atoms. The number of carbonyl (C=O) groups excluding carboxylic acids is 1. The first kappa shape index (κ1) is 14.6. The van der Waals surface area contributed by atoms with E-state index < -0.39 is 11.9 Å². The monoisotopic (exact) mass is 275 g/mol. The maximum Gasteiger partial charge on any atom is 0.308 e. The van der Waals surface area contributed by atoms with Crippen molar-refractivity contribution in [1.29, 1.82) is 0 Å². The first-order valence-corrected chi connectivity index (χ1v) is 6.97. The number of hydrogen-bond donors (Lipinski definition) is 1. The van der Waals surface area contributed by atoms with Crippen LogP contribution in [0.4, 0.5) is 0 Å². The number of amides is 1. The highest BCUT2D eigenvalue weighted by Crippen LogP contribution is 2.29. The number of nitrogens with zero attached hydrogens (tertiary/aromatic N) is 1. The molecule has 1 aliphatic heterocycles. The summed E-state index contributed by atoms with van der Waals surface area (Å²) in [5, 5.41) is 9.04. The fourth-order valence-electron chi connectivity index (χ4n) is 2.69. The molecule has 4 nitrogen and oxygen atoms in total. The van der Waals surface area contributed by atoms with Gasteiger partial charge in [-0.1, -0.05) is 30.3 Å². The zero-order valence-corrected chi connectivity index (χ0v) is 12.0. The lowest BCUT2D eigenvalue weighted by atomic mass is 9.93. The fraction of sp³-hybridized carbons (Fsp3) is 0.500. The number of hydrogen-bond acceptors (Lipinski definition) is 2. The predicted molar refractivity (Wildman–Crippen MR) is 76.3 cm³/mol. The maximum atomic E-state index is 12.0. The molecule has 0 saturated carbocycles. The first-order valence-electron chi connectivity index (χ1n) is 6.97. The number of carboxylic acid groups (broad SMARTS) is 1. The Hall–Kier alpha value is -1.84. The van der Waals surface area contributed by atoms with Gasteiger partial charge < -0.3 is 10.0 Å². The molecule has 0 aliphatic carbocycles. The lowest BCUT2D eigenvalue weighted by Gasteiger charge is -2.36. The molecular formula is C16H21NO3. The minimum atomic E-state index is -0.875. The smallest absolute Gasteiger partial charge is 0.308 e. The van der Waals surface area contributed by atoms with Gasteiger partial charge in [0.15, 0.2) is 0 Å². The number of rotatable bonds is 5. The lowest BCUT2D eigenvalue weighted by molar-refractivity contribution is -0.141. The Bertz CT molecular complexity index is 496. The van der Waals surface area contributed by atoms with Crippen LogP contribution in [0, 0.1) is 5.92 Å². The molecule has 4 heteroatoms. The number of aliphatic carboxylic acids is 1. The minimum Gasteiger partial charge on any atom is -0.481 e. The molecule has 1 atom stereocenters. The number of carbonyl (C=O) groups is 2. The van der Waals surface area contributed by atoms with Crippen LogP contribution in [-0.4, -0.2) is 34.0 Å². The second-order valence-corrected chi connectivity index (χ2v) is 6.04. The number of likely N-dealkylation sites (tertiary alicyclic amines) is 1. The lowest BCUT2D eigenvalue weighted by Crippen LogP contribution is -2.45. The van der Waals surface area contributed by atoms with Crippen LogP contribution in [0.2, 0.25) is 0 Å². The van der Waals surface area contributed by atoms with E-state index in [1.54, 1.807) is 4.90 Å². The first-order chi connectivity index (χ1) is 9.40. The summed E-state index contributed by atoms with van der Waals surface area (Å²) in [6.45, 7) is 4.35. The third-order valence-corrected chi connectivity index (χ3v) is 4.07. The van der Waals surface area contributed by atoms with Gasteiger partial charge in [0.25, 0.3) is 0 Å². The van der Waals surface area contributed by atoms with Crippen LogP contribution in [0.1, 0.15) is 32.3 Å². The molecule has 108 valence electrons. The van der Waals surface area contributed by atoms with Gasteiger partial charge in [-0.15, -0.1) is 0 Å². The van der Waals surface area contributed by atoms with Crippen molar-refractivity contribution in [3.05, 3.63) is 35.9 Å². The van der Waals surface area contributed by atoms with Crippen molar-refractivity contribution >= 4 is 11.9 Å². The zero-order valence-electron chi connectivity index (χ0n) is 12.0. The molecule has 0 bridgehead atoms. The SMILES string of the molecule is CC(C)(CCc1ccccc1)N1CC(C(=O)O)CC1=O. The normalized spacial score (nSPS) is 19.4. The van der Waals surface area contributed by atoms with Gasteiger partial charge in [0.2, 0.25) is 5.91 Å². The Kier molecular flexibility index (Phi) is 4.12. The molecular weight excluding hydrogens is 254 g/mol. The fourth-order valence-corrected chi connectivity index (χ4v) is 2.69. The van der Waals surface area contributed by atoms with Crippen LogP contribution in [0.25, 0.3) is 0 Å². The predicted octanol–water partition coefficient (Wildman–Crippen LogP) is 2.33. The summed E-state index contributed by atoms with van der Waals surface area (Å²) in [5.74, 6) is -1.48. The van der Waals surface area contributed by atoms with Crippen LogP contribution < -0.4 is 0 Å². The number of carboxylic acids is 1. The van der Waals surface area contributed by atoms with E-state index in [1.165, 1.54) is 5.56 Å². The molecule has 1 saturated heterocycles. The summed E-state index contributed by atoms with van der Waals surface area (Å²) < 4.78 is 0. The van der Waals surface area contributed by atoms with Gasteiger partial charge in [0, 0.05) is 18.5 Å².